The first-order chi connectivity index (χ1) is 7.13. The van der Waals surface area contributed by atoms with Gasteiger partial charge in [0.15, 0.2) is 0 Å². The molecule has 1 aromatic carbocycles. The van der Waals surface area contributed by atoms with Crippen LogP contribution >= 0.6 is 11.8 Å². The van der Waals surface area contributed by atoms with Gasteiger partial charge in [0.25, 0.3) is 0 Å². The Labute approximate surface area is 91.2 Å². The lowest BCUT2D eigenvalue weighted by Crippen LogP contribution is -2.01. The molecule has 1 N–H and O–H groups in total. The smallest absolute Gasteiger partial charge is 0.337 e. The predicted octanol–water partition coefficient (Wildman–Crippen LogP) is 1.65. The van der Waals surface area contributed by atoms with Gasteiger partial charge in [-0.1, -0.05) is 6.07 Å². The molecule has 0 aliphatic heterocycles. The fourth-order valence-corrected chi connectivity index (χ4v) is 1.65. The van der Waals surface area contributed by atoms with E-state index in [1.807, 2.05) is 0 Å². The number of esters is 1. The summed E-state index contributed by atoms with van der Waals surface area (Å²) < 4.78 is 4.55. The first kappa shape index (κ1) is 11.6. The quantitative estimate of drug-likeness (QED) is 0.624. The number of benzene rings is 1. The standard InChI is InChI=1S/C10H10O4S/c1-14-10(13)7-3-2-4-8(5-7)15-6-9(11)12/h2-5H,6H2,1H3,(H,11,12). The predicted molar refractivity (Wildman–Crippen MR) is 56.1 cm³/mol. The van der Waals surface area contributed by atoms with Gasteiger partial charge in [0.1, 0.15) is 0 Å². The van der Waals surface area contributed by atoms with Crippen LogP contribution in [0.4, 0.5) is 0 Å². The second-order valence-corrected chi connectivity index (χ2v) is 3.75. The molecule has 1 aromatic rings. The van der Waals surface area contributed by atoms with Crippen molar-refractivity contribution in [3.63, 3.8) is 0 Å². The summed E-state index contributed by atoms with van der Waals surface area (Å²) in [6.45, 7) is 0. The Bertz CT molecular complexity index is 375. The lowest BCUT2D eigenvalue weighted by molar-refractivity contribution is -0.133. The van der Waals surface area contributed by atoms with Crippen molar-refractivity contribution < 1.29 is 19.4 Å². The largest absolute Gasteiger partial charge is 0.481 e. The Hall–Kier alpha value is -1.49. The van der Waals surface area contributed by atoms with Crippen molar-refractivity contribution >= 4 is 23.7 Å². The van der Waals surface area contributed by atoms with Crippen molar-refractivity contribution in [1.82, 2.24) is 0 Å². The van der Waals surface area contributed by atoms with E-state index in [1.165, 1.54) is 7.11 Å². The lowest BCUT2D eigenvalue weighted by Gasteiger charge is -2.02. The van der Waals surface area contributed by atoms with Crippen LogP contribution in [0.1, 0.15) is 10.4 Å². The van der Waals surface area contributed by atoms with Gasteiger partial charge in [0, 0.05) is 4.90 Å². The summed E-state index contributed by atoms with van der Waals surface area (Å²) in [4.78, 5) is 22.2. The minimum Gasteiger partial charge on any atom is -0.481 e. The van der Waals surface area contributed by atoms with Crippen molar-refractivity contribution in [2.24, 2.45) is 0 Å². The van der Waals surface area contributed by atoms with E-state index in [9.17, 15) is 9.59 Å². The maximum absolute atomic E-state index is 11.2. The highest BCUT2D eigenvalue weighted by molar-refractivity contribution is 8.00. The minimum atomic E-state index is -0.886. The average Bonchev–Trinajstić information content (AvgIpc) is 2.25. The summed E-state index contributed by atoms with van der Waals surface area (Å²) in [7, 11) is 1.30. The number of hydrogen-bond acceptors (Lipinski definition) is 4. The van der Waals surface area contributed by atoms with E-state index in [4.69, 9.17) is 5.11 Å². The molecule has 15 heavy (non-hydrogen) atoms. The SMILES string of the molecule is COC(=O)c1cccc(SCC(=O)O)c1. The molecule has 0 atom stereocenters. The van der Waals surface area contributed by atoms with Crippen LogP contribution in [0, 0.1) is 0 Å². The maximum Gasteiger partial charge on any atom is 0.337 e. The van der Waals surface area contributed by atoms with Gasteiger partial charge >= 0.3 is 11.9 Å². The summed E-state index contributed by atoms with van der Waals surface area (Å²) in [5, 5.41) is 8.49. The molecule has 0 amide bonds. The molecule has 0 fully saturated rings. The van der Waals surface area contributed by atoms with Crippen LogP contribution in [-0.4, -0.2) is 29.9 Å². The minimum absolute atomic E-state index is 0.0232. The Morgan fingerprint density at radius 1 is 1.47 bits per heavy atom. The van der Waals surface area contributed by atoms with Gasteiger partial charge in [0.05, 0.1) is 18.4 Å². The van der Waals surface area contributed by atoms with Gasteiger partial charge in [-0.15, -0.1) is 11.8 Å². The summed E-state index contributed by atoms with van der Waals surface area (Å²) in [6, 6.07) is 6.67. The van der Waals surface area contributed by atoms with Crippen LogP contribution in [0.15, 0.2) is 29.2 Å². The molecule has 1 rings (SSSR count). The van der Waals surface area contributed by atoms with E-state index in [-0.39, 0.29) is 5.75 Å². The maximum atomic E-state index is 11.2. The molecule has 0 bridgehead atoms. The number of carboxylic acid groups (broad SMARTS) is 1. The third kappa shape index (κ3) is 3.63. The van der Waals surface area contributed by atoms with E-state index in [2.05, 4.69) is 4.74 Å². The highest BCUT2D eigenvalue weighted by Crippen LogP contribution is 2.19. The van der Waals surface area contributed by atoms with Crippen LogP contribution in [0.2, 0.25) is 0 Å². The van der Waals surface area contributed by atoms with E-state index in [0.717, 1.165) is 16.7 Å². The molecular weight excluding hydrogens is 216 g/mol. The van der Waals surface area contributed by atoms with Crippen molar-refractivity contribution in [2.75, 3.05) is 12.9 Å². The number of rotatable bonds is 4. The molecule has 0 saturated carbocycles. The van der Waals surface area contributed by atoms with Crippen LogP contribution < -0.4 is 0 Å². The molecule has 0 aliphatic carbocycles. The van der Waals surface area contributed by atoms with Crippen LogP contribution in [0.5, 0.6) is 0 Å². The van der Waals surface area contributed by atoms with Gasteiger partial charge < -0.3 is 9.84 Å². The second kappa shape index (κ2) is 5.41. The van der Waals surface area contributed by atoms with Crippen molar-refractivity contribution in [3.05, 3.63) is 29.8 Å². The molecule has 0 unspecified atom stereocenters. The first-order valence-electron chi connectivity index (χ1n) is 4.16. The van der Waals surface area contributed by atoms with Gasteiger partial charge in [-0.3, -0.25) is 4.79 Å². The highest BCUT2D eigenvalue weighted by atomic mass is 32.2. The fraction of sp³-hybridized carbons (Fsp3) is 0.200. The Kier molecular flexibility index (Phi) is 4.17. The monoisotopic (exact) mass is 226 g/mol. The van der Waals surface area contributed by atoms with Crippen molar-refractivity contribution in [3.8, 4) is 0 Å². The Balaban J connectivity index is 2.74. The van der Waals surface area contributed by atoms with E-state index < -0.39 is 11.9 Å². The lowest BCUT2D eigenvalue weighted by atomic mass is 10.2. The number of methoxy groups -OCH3 is 1. The number of hydrogen-bond donors (Lipinski definition) is 1. The van der Waals surface area contributed by atoms with Crippen molar-refractivity contribution in [2.45, 2.75) is 4.90 Å². The zero-order chi connectivity index (χ0) is 11.3. The van der Waals surface area contributed by atoms with Crippen LogP contribution in [0.25, 0.3) is 0 Å². The number of ether oxygens (including phenoxy) is 1. The highest BCUT2D eigenvalue weighted by Gasteiger charge is 2.06. The van der Waals surface area contributed by atoms with Crippen LogP contribution in [-0.2, 0) is 9.53 Å². The third-order valence-electron chi connectivity index (χ3n) is 1.62. The number of carbonyl (C=O) groups excluding carboxylic acids is 1. The molecule has 80 valence electrons. The van der Waals surface area contributed by atoms with Crippen LogP contribution in [0.3, 0.4) is 0 Å². The molecule has 4 nitrogen and oxygen atoms in total. The van der Waals surface area contributed by atoms with E-state index >= 15 is 0 Å². The molecule has 5 heteroatoms. The molecule has 0 saturated heterocycles. The molecule has 0 aliphatic rings. The summed E-state index contributed by atoms with van der Waals surface area (Å²) in [5.41, 5.74) is 0.424. The normalized spacial score (nSPS) is 9.67. The Morgan fingerprint density at radius 2 is 2.20 bits per heavy atom. The summed E-state index contributed by atoms with van der Waals surface area (Å²) in [6.07, 6.45) is 0. The molecule has 0 radical (unpaired) electrons. The molecular formula is C10H10O4S. The first-order valence-corrected chi connectivity index (χ1v) is 5.15. The number of thioether (sulfide) groups is 1. The number of carboxylic acids is 1. The van der Waals surface area contributed by atoms with Gasteiger partial charge in [-0.25, -0.2) is 4.79 Å². The fourth-order valence-electron chi connectivity index (χ4n) is 0.976. The molecule has 0 heterocycles. The third-order valence-corrected chi connectivity index (χ3v) is 2.60. The van der Waals surface area contributed by atoms with E-state index in [1.54, 1.807) is 24.3 Å². The van der Waals surface area contributed by atoms with E-state index in [0.29, 0.717) is 5.56 Å². The average molecular weight is 226 g/mol. The topological polar surface area (TPSA) is 63.6 Å². The summed E-state index contributed by atoms with van der Waals surface area (Å²) >= 11 is 1.16. The molecule has 0 spiro atoms. The number of carbonyl (C=O) groups is 2. The van der Waals surface area contributed by atoms with Gasteiger partial charge in [-0.2, -0.15) is 0 Å². The summed E-state index contributed by atoms with van der Waals surface area (Å²) in [5.74, 6) is -1.33. The second-order valence-electron chi connectivity index (χ2n) is 2.70. The van der Waals surface area contributed by atoms with Gasteiger partial charge in [0.2, 0.25) is 0 Å². The van der Waals surface area contributed by atoms with Crippen molar-refractivity contribution in [1.29, 1.82) is 0 Å². The van der Waals surface area contributed by atoms with Gasteiger partial charge in [-0.05, 0) is 18.2 Å². The zero-order valence-corrected chi connectivity index (χ0v) is 8.91. The number of aliphatic carboxylic acids is 1. The molecule has 0 aromatic heterocycles. The zero-order valence-electron chi connectivity index (χ0n) is 8.10. The Morgan fingerprint density at radius 3 is 2.80 bits per heavy atom.